The number of esters is 1. The molecule has 0 unspecified atom stereocenters. The zero-order valence-corrected chi connectivity index (χ0v) is 14.7. The van der Waals surface area contributed by atoms with Crippen LogP contribution in [0.2, 0.25) is 0 Å². The number of hydrogen-bond donors (Lipinski definition) is 2. The van der Waals surface area contributed by atoms with E-state index in [0.29, 0.717) is 0 Å². The van der Waals surface area contributed by atoms with E-state index in [4.69, 9.17) is 0 Å². The summed E-state index contributed by atoms with van der Waals surface area (Å²) in [6, 6.07) is -1.83. The highest BCUT2D eigenvalue weighted by Gasteiger charge is 2.74. The fourth-order valence-electron chi connectivity index (χ4n) is 2.26. The first-order valence-corrected chi connectivity index (χ1v) is 7.62. The number of carbonyl (C=O) groups is 1. The van der Waals surface area contributed by atoms with Crippen molar-refractivity contribution in [1.82, 2.24) is 0 Å². The van der Waals surface area contributed by atoms with Gasteiger partial charge in [-0.1, -0.05) is 6.92 Å². The summed E-state index contributed by atoms with van der Waals surface area (Å²) in [5.74, 6) is -3.13. The summed E-state index contributed by atoms with van der Waals surface area (Å²) in [6.45, 7) is 1.02. The monoisotopic (exact) mass is 482 g/mol. The molecule has 0 aliphatic carbocycles. The lowest BCUT2D eigenvalue weighted by Crippen LogP contribution is -2.55. The fourth-order valence-corrected chi connectivity index (χ4v) is 2.26. The van der Waals surface area contributed by atoms with E-state index in [1.807, 2.05) is 0 Å². The van der Waals surface area contributed by atoms with Crippen LogP contribution in [-0.2, 0) is 16.0 Å². The first-order chi connectivity index (χ1) is 13.5. The summed E-state index contributed by atoms with van der Waals surface area (Å²) in [4.78, 5) is 11.3. The van der Waals surface area contributed by atoms with Crippen LogP contribution in [0.25, 0.3) is 0 Å². The summed E-state index contributed by atoms with van der Waals surface area (Å²) >= 11 is 0. The van der Waals surface area contributed by atoms with Gasteiger partial charge >= 0.3 is 30.7 Å². The molecule has 1 aromatic rings. The van der Waals surface area contributed by atoms with E-state index in [2.05, 4.69) is 4.74 Å². The number of alkyl halides is 12. The third-order valence-corrected chi connectivity index (χ3v) is 3.90. The standard InChI is InChI=1S/C15H10F12O4/c1-2-9(28)31-8-4-6(10(29,12(16,17)18)13(19,20)21)3-7(5-8)11(30,14(22,23)24)15(25,26)27/h3-5,29-30H,2H2,1H3. The lowest BCUT2D eigenvalue weighted by Gasteiger charge is -2.36. The van der Waals surface area contributed by atoms with Crippen LogP contribution in [0.4, 0.5) is 52.7 Å². The number of ether oxygens (including phenoxy) is 1. The maximum atomic E-state index is 13.1. The molecule has 0 aromatic heterocycles. The molecule has 1 rings (SSSR count). The van der Waals surface area contributed by atoms with Crippen molar-refractivity contribution >= 4 is 5.97 Å². The van der Waals surface area contributed by atoms with Crippen molar-refractivity contribution in [1.29, 1.82) is 0 Å². The average Bonchev–Trinajstić information content (AvgIpc) is 2.55. The van der Waals surface area contributed by atoms with Gasteiger partial charge in [0.05, 0.1) is 0 Å². The van der Waals surface area contributed by atoms with Crippen LogP contribution >= 0.6 is 0 Å². The van der Waals surface area contributed by atoms with Gasteiger partial charge in [0.2, 0.25) is 0 Å². The molecule has 0 heterocycles. The fraction of sp³-hybridized carbons (Fsp3) is 0.533. The van der Waals surface area contributed by atoms with Crippen molar-refractivity contribution in [3.8, 4) is 5.75 Å². The molecule has 4 nitrogen and oxygen atoms in total. The first-order valence-electron chi connectivity index (χ1n) is 7.62. The topological polar surface area (TPSA) is 66.8 Å². The smallest absolute Gasteiger partial charge is 0.427 e. The molecule has 0 atom stereocenters. The second-order valence-electron chi connectivity index (χ2n) is 5.99. The molecule has 0 fully saturated rings. The summed E-state index contributed by atoms with van der Waals surface area (Å²) in [6.07, 6.45) is -27.5. The number of rotatable bonds is 4. The molecule has 0 radical (unpaired) electrons. The van der Waals surface area contributed by atoms with Gasteiger partial charge in [-0.25, -0.2) is 0 Å². The van der Waals surface area contributed by atoms with Crippen LogP contribution in [0.5, 0.6) is 5.75 Å². The van der Waals surface area contributed by atoms with Gasteiger partial charge in [0.1, 0.15) is 5.75 Å². The Morgan fingerprint density at radius 2 is 1.00 bits per heavy atom. The predicted octanol–water partition coefficient (Wildman–Crippen LogP) is 4.63. The molecular formula is C15H10F12O4. The van der Waals surface area contributed by atoms with Gasteiger partial charge < -0.3 is 14.9 Å². The van der Waals surface area contributed by atoms with Gasteiger partial charge in [0, 0.05) is 17.5 Å². The quantitative estimate of drug-likeness (QED) is 0.374. The molecule has 1 aromatic carbocycles. The zero-order valence-electron chi connectivity index (χ0n) is 14.7. The second kappa shape index (κ2) is 7.72. The van der Waals surface area contributed by atoms with E-state index in [-0.39, 0.29) is 0 Å². The highest BCUT2D eigenvalue weighted by molar-refractivity contribution is 5.72. The van der Waals surface area contributed by atoms with Crippen molar-refractivity contribution in [2.75, 3.05) is 0 Å². The van der Waals surface area contributed by atoms with Gasteiger partial charge in [-0.05, 0) is 18.2 Å². The Bertz CT molecular complexity index is 735. The average molecular weight is 482 g/mol. The largest absolute Gasteiger partial charge is 0.430 e. The number of aliphatic hydroxyl groups is 2. The number of halogens is 12. The molecule has 0 amide bonds. The molecule has 2 N–H and O–H groups in total. The highest BCUT2D eigenvalue weighted by atomic mass is 19.4. The van der Waals surface area contributed by atoms with Gasteiger partial charge in [-0.3, -0.25) is 4.79 Å². The molecule has 0 saturated heterocycles. The van der Waals surface area contributed by atoms with Crippen molar-refractivity contribution in [2.45, 2.75) is 49.3 Å². The molecule has 16 heteroatoms. The summed E-state index contributed by atoms with van der Waals surface area (Å²) in [5.41, 5.74) is -17.2. The van der Waals surface area contributed by atoms with Crippen LogP contribution in [0.15, 0.2) is 18.2 Å². The molecule has 0 aliphatic heterocycles. The molecular weight excluding hydrogens is 472 g/mol. The van der Waals surface area contributed by atoms with E-state index >= 15 is 0 Å². The number of benzene rings is 1. The Kier molecular flexibility index (Phi) is 6.68. The third-order valence-electron chi connectivity index (χ3n) is 3.90. The third kappa shape index (κ3) is 4.53. The van der Waals surface area contributed by atoms with Crippen LogP contribution in [0.3, 0.4) is 0 Å². The number of hydrogen-bond acceptors (Lipinski definition) is 4. The molecule has 0 aliphatic rings. The lowest BCUT2D eigenvalue weighted by atomic mass is 9.85. The summed E-state index contributed by atoms with van der Waals surface area (Å²) in [7, 11) is 0. The van der Waals surface area contributed by atoms with Crippen LogP contribution in [-0.4, -0.2) is 40.9 Å². The Balaban J connectivity index is 4.09. The van der Waals surface area contributed by atoms with Gasteiger partial charge in [0.25, 0.3) is 11.2 Å². The molecule has 0 saturated carbocycles. The van der Waals surface area contributed by atoms with Crippen molar-refractivity contribution < 1.29 is 72.4 Å². The summed E-state index contributed by atoms with van der Waals surface area (Å²) < 4.78 is 161. The SMILES string of the molecule is CCC(=O)Oc1cc(C(O)(C(F)(F)F)C(F)(F)F)cc(C(O)(C(F)(F)F)C(F)(F)F)c1. The van der Waals surface area contributed by atoms with E-state index in [1.165, 1.54) is 0 Å². The Morgan fingerprint density at radius 1 is 0.710 bits per heavy atom. The van der Waals surface area contributed by atoms with E-state index in [1.54, 1.807) is 0 Å². The lowest BCUT2D eigenvalue weighted by molar-refractivity contribution is -0.378. The van der Waals surface area contributed by atoms with Crippen LogP contribution in [0, 0.1) is 0 Å². The highest BCUT2D eigenvalue weighted by Crippen LogP contribution is 2.54. The maximum Gasteiger partial charge on any atom is 0.430 e. The van der Waals surface area contributed by atoms with Crippen molar-refractivity contribution in [3.63, 3.8) is 0 Å². The summed E-state index contributed by atoms with van der Waals surface area (Å²) in [5, 5.41) is 18.7. The Morgan fingerprint density at radius 3 is 1.23 bits per heavy atom. The normalized spacial score (nSPS) is 14.5. The zero-order chi connectivity index (χ0) is 24.8. The Hall–Kier alpha value is -2.23. The van der Waals surface area contributed by atoms with Crippen molar-refractivity contribution in [2.24, 2.45) is 0 Å². The molecule has 0 bridgehead atoms. The van der Waals surface area contributed by atoms with Crippen LogP contribution in [0.1, 0.15) is 24.5 Å². The van der Waals surface area contributed by atoms with E-state index in [9.17, 15) is 67.7 Å². The first kappa shape index (κ1) is 26.8. The second-order valence-corrected chi connectivity index (χ2v) is 5.99. The molecule has 0 spiro atoms. The molecule has 178 valence electrons. The van der Waals surface area contributed by atoms with Crippen molar-refractivity contribution in [3.05, 3.63) is 29.3 Å². The van der Waals surface area contributed by atoms with Gasteiger partial charge in [-0.2, -0.15) is 52.7 Å². The minimum Gasteiger partial charge on any atom is -0.427 e. The molecule has 31 heavy (non-hydrogen) atoms. The van der Waals surface area contributed by atoms with Crippen LogP contribution < -0.4 is 4.74 Å². The predicted molar refractivity (Wildman–Crippen MR) is 74.4 cm³/mol. The van der Waals surface area contributed by atoms with Gasteiger partial charge in [-0.15, -0.1) is 0 Å². The minimum atomic E-state index is -6.70. The van der Waals surface area contributed by atoms with E-state index in [0.717, 1.165) is 6.92 Å². The number of carbonyl (C=O) groups excluding carboxylic acids is 1. The van der Waals surface area contributed by atoms with Gasteiger partial charge in [0.15, 0.2) is 0 Å². The Labute approximate surface area is 164 Å². The minimum absolute atomic E-state index is 0.425. The van der Waals surface area contributed by atoms with E-state index < -0.39 is 83.4 Å². The maximum absolute atomic E-state index is 13.1.